The van der Waals surface area contributed by atoms with E-state index < -0.39 is 0 Å². The molecule has 0 atom stereocenters. The maximum atomic E-state index is 11.6. The highest BCUT2D eigenvalue weighted by molar-refractivity contribution is 5.72. The summed E-state index contributed by atoms with van der Waals surface area (Å²) >= 11 is 0. The quantitative estimate of drug-likeness (QED) is 0.731. The summed E-state index contributed by atoms with van der Waals surface area (Å²) in [6.07, 6.45) is 7.11. The van der Waals surface area contributed by atoms with Gasteiger partial charge in [-0.25, -0.2) is 0 Å². The Kier molecular flexibility index (Phi) is 3.85. The van der Waals surface area contributed by atoms with Crippen LogP contribution in [0.1, 0.15) is 45.4 Å². The van der Waals surface area contributed by atoms with Crippen LogP contribution in [0, 0.1) is 11.3 Å². The molecule has 1 heterocycles. The van der Waals surface area contributed by atoms with Gasteiger partial charge in [0, 0.05) is 0 Å². The van der Waals surface area contributed by atoms with Crippen molar-refractivity contribution in [2.45, 2.75) is 45.4 Å². The number of nitrogens with one attached hydrogen (secondary N) is 1. The van der Waals surface area contributed by atoms with Gasteiger partial charge in [-0.1, -0.05) is 0 Å². The van der Waals surface area contributed by atoms with E-state index in [1.807, 2.05) is 6.92 Å². The number of hydrogen-bond acceptors (Lipinski definition) is 3. The van der Waals surface area contributed by atoms with Crippen molar-refractivity contribution in [1.29, 1.82) is 0 Å². The Hall–Kier alpha value is -0.570. The zero-order valence-electron chi connectivity index (χ0n) is 10.3. The highest BCUT2D eigenvalue weighted by atomic mass is 16.5. The molecule has 0 aromatic heterocycles. The van der Waals surface area contributed by atoms with Crippen LogP contribution in [0.3, 0.4) is 0 Å². The first-order chi connectivity index (χ1) is 7.76. The molecular weight excluding hydrogens is 202 g/mol. The predicted octanol–water partition coefficient (Wildman–Crippen LogP) is 2.11. The number of esters is 1. The Morgan fingerprint density at radius 2 is 1.88 bits per heavy atom. The van der Waals surface area contributed by atoms with Gasteiger partial charge in [-0.15, -0.1) is 0 Å². The standard InChI is InChI=1S/C13H23NO2/c1-2-16-12(15)11-3-5-13(6-4-11)7-9-14-10-8-13/h11,14H,2-10H2,1H3. The summed E-state index contributed by atoms with van der Waals surface area (Å²) < 4.78 is 5.11. The molecule has 0 aromatic carbocycles. The summed E-state index contributed by atoms with van der Waals surface area (Å²) in [6.45, 7) is 4.72. The molecule has 1 aliphatic carbocycles. The second-order valence-electron chi connectivity index (χ2n) is 5.28. The number of carbonyl (C=O) groups is 1. The predicted molar refractivity (Wildman–Crippen MR) is 63.1 cm³/mol. The molecule has 1 spiro atoms. The van der Waals surface area contributed by atoms with Crippen LogP contribution < -0.4 is 5.32 Å². The van der Waals surface area contributed by atoms with Gasteiger partial charge in [0.2, 0.25) is 0 Å². The van der Waals surface area contributed by atoms with E-state index >= 15 is 0 Å². The lowest BCUT2D eigenvalue weighted by Gasteiger charge is -2.42. The highest BCUT2D eigenvalue weighted by Gasteiger charge is 2.38. The zero-order valence-corrected chi connectivity index (χ0v) is 10.3. The Morgan fingerprint density at radius 1 is 1.25 bits per heavy atom. The molecule has 2 fully saturated rings. The summed E-state index contributed by atoms with van der Waals surface area (Å²) in [5.74, 6) is 0.215. The summed E-state index contributed by atoms with van der Waals surface area (Å²) in [4.78, 5) is 11.6. The summed E-state index contributed by atoms with van der Waals surface area (Å²) in [6, 6.07) is 0. The van der Waals surface area contributed by atoms with Gasteiger partial charge in [0.05, 0.1) is 12.5 Å². The molecule has 0 aromatic rings. The van der Waals surface area contributed by atoms with Crippen LogP contribution in [0.25, 0.3) is 0 Å². The number of piperidine rings is 1. The van der Waals surface area contributed by atoms with E-state index in [0.717, 1.165) is 25.9 Å². The maximum absolute atomic E-state index is 11.6. The van der Waals surface area contributed by atoms with Crippen molar-refractivity contribution in [3.63, 3.8) is 0 Å². The first-order valence-corrected chi connectivity index (χ1v) is 6.63. The average Bonchev–Trinajstić information content (AvgIpc) is 2.31. The minimum Gasteiger partial charge on any atom is -0.466 e. The first kappa shape index (κ1) is 11.9. The van der Waals surface area contributed by atoms with Gasteiger partial charge < -0.3 is 10.1 Å². The molecule has 2 aliphatic rings. The smallest absolute Gasteiger partial charge is 0.308 e. The van der Waals surface area contributed by atoms with Gasteiger partial charge >= 0.3 is 5.97 Å². The Labute approximate surface area is 97.9 Å². The topological polar surface area (TPSA) is 38.3 Å². The summed E-state index contributed by atoms with van der Waals surface area (Å²) in [7, 11) is 0. The molecule has 0 amide bonds. The summed E-state index contributed by atoms with van der Waals surface area (Å²) in [5.41, 5.74) is 0.550. The molecule has 0 radical (unpaired) electrons. The number of hydrogen-bond donors (Lipinski definition) is 1. The third-order valence-corrected chi connectivity index (χ3v) is 4.33. The van der Waals surface area contributed by atoms with Gasteiger partial charge in [-0.2, -0.15) is 0 Å². The lowest BCUT2D eigenvalue weighted by atomic mass is 9.66. The monoisotopic (exact) mass is 225 g/mol. The third kappa shape index (κ3) is 2.57. The van der Waals surface area contributed by atoms with Crippen LogP contribution in [0.2, 0.25) is 0 Å². The van der Waals surface area contributed by atoms with E-state index in [1.165, 1.54) is 25.7 Å². The second-order valence-corrected chi connectivity index (χ2v) is 5.28. The van der Waals surface area contributed by atoms with Crippen LogP contribution >= 0.6 is 0 Å². The van der Waals surface area contributed by atoms with Crippen LogP contribution in [0.4, 0.5) is 0 Å². The average molecular weight is 225 g/mol. The van der Waals surface area contributed by atoms with Crippen molar-refractivity contribution in [3.8, 4) is 0 Å². The molecule has 3 nitrogen and oxygen atoms in total. The van der Waals surface area contributed by atoms with Crippen molar-refractivity contribution in [3.05, 3.63) is 0 Å². The largest absolute Gasteiger partial charge is 0.466 e. The van der Waals surface area contributed by atoms with Crippen LogP contribution in [-0.2, 0) is 9.53 Å². The van der Waals surface area contributed by atoms with Crippen molar-refractivity contribution in [2.24, 2.45) is 11.3 Å². The second kappa shape index (κ2) is 5.17. The molecule has 0 unspecified atom stereocenters. The molecule has 3 heteroatoms. The molecular formula is C13H23NO2. The van der Waals surface area contributed by atoms with E-state index in [9.17, 15) is 4.79 Å². The van der Waals surface area contributed by atoms with Gasteiger partial charge in [-0.3, -0.25) is 4.79 Å². The van der Waals surface area contributed by atoms with Crippen LogP contribution in [-0.4, -0.2) is 25.7 Å². The Balaban J connectivity index is 1.83. The van der Waals surface area contributed by atoms with Gasteiger partial charge in [0.25, 0.3) is 0 Å². The SMILES string of the molecule is CCOC(=O)C1CCC2(CCNCC2)CC1. The lowest BCUT2D eigenvalue weighted by Crippen LogP contribution is -2.40. The van der Waals surface area contributed by atoms with Crippen molar-refractivity contribution >= 4 is 5.97 Å². The first-order valence-electron chi connectivity index (χ1n) is 6.63. The van der Waals surface area contributed by atoms with Gasteiger partial charge in [-0.05, 0) is 64.0 Å². The third-order valence-electron chi connectivity index (χ3n) is 4.33. The van der Waals surface area contributed by atoms with Crippen LogP contribution in [0.15, 0.2) is 0 Å². The molecule has 2 rings (SSSR count). The maximum Gasteiger partial charge on any atom is 0.308 e. The summed E-state index contributed by atoms with van der Waals surface area (Å²) in [5, 5.41) is 3.42. The van der Waals surface area contributed by atoms with E-state index in [1.54, 1.807) is 0 Å². The fourth-order valence-electron chi connectivity index (χ4n) is 3.18. The lowest BCUT2D eigenvalue weighted by molar-refractivity contribution is -0.150. The molecule has 1 aliphatic heterocycles. The molecule has 1 N–H and O–H groups in total. The van der Waals surface area contributed by atoms with Crippen molar-refractivity contribution in [2.75, 3.05) is 19.7 Å². The van der Waals surface area contributed by atoms with E-state index in [4.69, 9.17) is 4.74 Å². The fourth-order valence-corrected chi connectivity index (χ4v) is 3.18. The van der Waals surface area contributed by atoms with Crippen LogP contribution in [0.5, 0.6) is 0 Å². The molecule has 0 bridgehead atoms. The number of rotatable bonds is 2. The Morgan fingerprint density at radius 3 is 2.44 bits per heavy atom. The number of ether oxygens (including phenoxy) is 1. The number of carbonyl (C=O) groups excluding carboxylic acids is 1. The molecule has 1 saturated carbocycles. The minimum absolute atomic E-state index is 0.0336. The Bertz CT molecular complexity index is 236. The fraction of sp³-hybridized carbons (Fsp3) is 0.923. The van der Waals surface area contributed by atoms with Gasteiger partial charge in [0.15, 0.2) is 0 Å². The molecule has 92 valence electrons. The van der Waals surface area contributed by atoms with Gasteiger partial charge in [0.1, 0.15) is 0 Å². The van der Waals surface area contributed by atoms with E-state index in [2.05, 4.69) is 5.32 Å². The van der Waals surface area contributed by atoms with Crippen molar-refractivity contribution < 1.29 is 9.53 Å². The highest BCUT2D eigenvalue weighted by Crippen LogP contribution is 2.45. The normalized spacial score (nSPS) is 25.6. The minimum atomic E-state index is 0.0336. The van der Waals surface area contributed by atoms with E-state index in [-0.39, 0.29) is 11.9 Å². The van der Waals surface area contributed by atoms with E-state index in [0.29, 0.717) is 12.0 Å². The molecule has 1 saturated heterocycles. The van der Waals surface area contributed by atoms with Crippen molar-refractivity contribution in [1.82, 2.24) is 5.32 Å². The zero-order chi connectivity index (χ0) is 11.4. The molecule has 16 heavy (non-hydrogen) atoms.